The number of esters is 1. The number of nitrogens with two attached hydrogens (primary N) is 1. The number of hydrogen-bond acceptors (Lipinski definition) is 5. The Hall–Kier alpha value is -3.47. The van der Waals surface area contributed by atoms with Crippen LogP contribution in [0.1, 0.15) is 10.4 Å². The quantitative estimate of drug-likeness (QED) is 0.431. The SMILES string of the molecule is Nc1ccc(Oc2ccc(C(=O)Oc3ccccc3)c(O)c2)cc1. The molecule has 0 aliphatic rings. The molecule has 0 amide bonds. The minimum atomic E-state index is -0.641. The number of phenolic OH excluding ortho intramolecular Hbond substituents is 1. The van der Waals surface area contributed by atoms with Gasteiger partial charge in [0.25, 0.3) is 0 Å². The summed E-state index contributed by atoms with van der Waals surface area (Å²) in [6.07, 6.45) is 0. The largest absolute Gasteiger partial charge is 0.507 e. The molecule has 24 heavy (non-hydrogen) atoms. The van der Waals surface area contributed by atoms with Crippen molar-refractivity contribution < 1.29 is 19.4 Å². The molecule has 5 heteroatoms. The first-order chi connectivity index (χ1) is 11.6. The molecule has 0 aliphatic heterocycles. The Labute approximate surface area is 138 Å². The molecule has 5 nitrogen and oxygen atoms in total. The second-order valence-corrected chi connectivity index (χ2v) is 5.05. The van der Waals surface area contributed by atoms with Crippen LogP contribution in [0.4, 0.5) is 5.69 Å². The monoisotopic (exact) mass is 321 g/mol. The van der Waals surface area contributed by atoms with Gasteiger partial charge in [-0.05, 0) is 48.5 Å². The maximum absolute atomic E-state index is 12.1. The fourth-order valence-electron chi connectivity index (χ4n) is 2.07. The van der Waals surface area contributed by atoms with Gasteiger partial charge in [-0.2, -0.15) is 0 Å². The lowest BCUT2D eigenvalue weighted by atomic mass is 10.2. The Kier molecular flexibility index (Phi) is 4.34. The first-order valence-corrected chi connectivity index (χ1v) is 7.25. The standard InChI is InChI=1S/C19H15NO4/c20-13-6-8-15(9-7-13)23-16-10-11-17(18(21)12-16)19(22)24-14-4-2-1-3-5-14/h1-12,21H,20H2. The van der Waals surface area contributed by atoms with Crippen molar-refractivity contribution in [3.8, 4) is 23.0 Å². The predicted molar refractivity (Wildman–Crippen MR) is 90.4 cm³/mol. The Morgan fingerprint density at radius 2 is 1.50 bits per heavy atom. The lowest BCUT2D eigenvalue weighted by Gasteiger charge is -2.09. The first kappa shape index (κ1) is 15.4. The number of nitrogen functional groups attached to an aromatic ring is 1. The summed E-state index contributed by atoms with van der Waals surface area (Å²) in [7, 11) is 0. The molecule has 3 rings (SSSR count). The molecule has 3 aromatic carbocycles. The summed E-state index contributed by atoms with van der Waals surface area (Å²) in [5, 5.41) is 10.1. The van der Waals surface area contributed by atoms with Gasteiger partial charge >= 0.3 is 5.97 Å². The number of anilines is 1. The third-order valence-electron chi connectivity index (χ3n) is 3.26. The van der Waals surface area contributed by atoms with Crippen molar-refractivity contribution in [3.05, 3.63) is 78.4 Å². The van der Waals surface area contributed by atoms with Gasteiger partial charge in [-0.1, -0.05) is 18.2 Å². The summed E-state index contributed by atoms with van der Waals surface area (Å²) in [6, 6.07) is 19.9. The van der Waals surface area contributed by atoms with E-state index in [1.807, 2.05) is 6.07 Å². The highest BCUT2D eigenvalue weighted by molar-refractivity contribution is 5.94. The normalized spacial score (nSPS) is 10.2. The molecule has 0 saturated carbocycles. The van der Waals surface area contributed by atoms with Gasteiger partial charge in [-0.25, -0.2) is 4.79 Å². The third kappa shape index (κ3) is 3.64. The number of benzene rings is 3. The molecule has 0 bridgehead atoms. The van der Waals surface area contributed by atoms with E-state index in [1.165, 1.54) is 12.1 Å². The molecule has 0 spiro atoms. The lowest BCUT2D eigenvalue weighted by Crippen LogP contribution is -2.08. The summed E-state index contributed by atoms with van der Waals surface area (Å²) >= 11 is 0. The van der Waals surface area contributed by atoms with Crippen LogP contribution in [-0.4, -0.2) is 11.1 Å². The summed E-state index contributed by atoms with van der Waals surface area (Å²) in [4.78, 5) is 12.1. The Morgan fingerprint density at radius 1 is 0.833 bits per heavy atom. The van der Waals surface area contributed by atoms with Crippen LogP contribution in [-0.2, 0) is 0 Å². The Balaban J connectivity index is 1.74. The molecule has 0 radical (unpaired) electrons. The first-order valence-electron chi connectivity index (χ1n) is 7.25. The molecule has 0 aliphatic carbocycles. The fraction of sp³-hybridized carbons (Fsp3) is 0. The van der Waals surface area contributed by atoms with E-state index in [0.29, 0.717) is 22.9 Å². The Morgan fingerprint density at radius 3 is 2.17 bits per heavy atom. The van der Waals surface area contributed by atoms with Crippen LogP contribution in [0, 0.1) is 0 Å². The molecule has 0 atom stereocenters. The van der Waals surface area contributed by atoms with E-state index in [0.717, 1.165) is 0 Å². The molecule has 3 N–H and O–H groups in total. The minimum absolute atomic E-state index is 0.0588. The summed E-state index contributed by atoms with van der Waals surface area (Å²) in [6.45, 7) is 0. The van der Waals surface area contributed by atoms with Crippen molar-refractivity contribution in [2.45, 2.75) is 0 Å². The van der Waals surface area contributed by atoms with E-state index >= 15 is 0 Å². The maximum atomic E-state index is 12.1. The van der Waals surface area contributed by atoms with Gasteiger partial charge in [0.1, 0.15) is 28.6 Å². The molecule has 0 fully saturated rings. The van der Waals surface area contributed by atoms with E-state index in [9.17, 15) is 9.90 Å². The highest BCUT2D eigenvalue weighted by Gasteiger charge is 2.14. The number of ether oxygens (including phenoxy) is 2. The number of hydrogen-bond donors (Lipinski definition) is 2. The molecule has 3 aromatic rings. The van der Waals surface area contributed by atoms with Crippen molar-refractivity contribution in [3.63, 3.8) is 0 Å². The van der Waals surface area contributed by atoms with Crippen molar-refractivity contribution in [2.24, 2.45) is 0 Å². The average Bonchev–Trinajstić information content (AvgIpc) is 2.58. The van der Waals surface area contributed by atoms with Gasteiger partial charge in [0.2, 0.25) is 0 Å². The van der Waals surface area contributed by atoms with Crippen molar-refractivity contribution in [2.75, 3.05) is 5.73 Å². The fourth-order valence-corrected chi connectivity index (χ4v) is 2.07. The average molecular weight is 321 g/mol. The van der Waals surface area contributed by atoms with E-state index in [2.05, 4.69) is 0 Å². The zero-order chi connectivity index (χ0) is 16.9. The number of phenols is 1. The van der Waals surface area contributed by atoms with Gasteiger partial charge in [0, 0.05) is 11.8 Å². The summed E-state index contributed by atoms with van der Waals surface area (Å²) in [5.74, 6) is 0.516. The van der Waals surface area contributed by atoms with E-state index in [-0.39, 0.29) is 11.3 Å². The number of carbonyl (C=O) groups is 1. The molecule has 0 heterocycles. The summed E-state index contributed by atoms with van der Waals surface area (Å²) < 4.78 is 10.8. The smallest absolute Gasteiger partial charge is 0.347 e. The van der Waals surface area contributed by atoms with Gasteiger partial charge < -0.3 is 20.3 Å². The molecule has 0 aromatic heterocycles. The van der Waals surface area contributed by atoms with Crippen molar-refractivity contribution >= 4 is 11.7 Å². The number of aromatic hydroxyl groups is 1. The van der Waals surface area contributed by atoms with Crippen LogP contribution in [0.15, 0.2) is 72.8 Å². The van der Waals surface area contributed by atoms with Crippen LogP contribution < -0.4 is 15.2 Å². The van der Waals surface area contributed by atoms with E-state index in [4.69, 9.17) is 15.2 Å². The Bertz CT molecular complexity index is 845. The van der Waals surface area contributed by atoms with Crippen LogP contribution in [0.2, 0.25) is 0 Å². The highest BCUT2D eigenvalue weighted by atomic mass is 16.5. The van der Waals surface area contributed by atoms with Crippen molar-refractivity contribution in [1.29, 1.82) is 0 Å². The number of para-hydroxylation sites is 1. The zero-order valence-electron chi connectivity index (χ0n) is 12.7. The zero-order valence-corrected chi connectivity index (χ0v) is 12.7. The molecular weight excluding hydrogens is 306 g/mol. The minimum Gasteiger partial charge on any atom is -0.507 e. The van der Waals surface area contributed by atoms with Crippen LogP contribution in [0.25, 0.3) is 0 Å². The van der Waals surface area contributed by atoms with Crippen molar-refractivity contribution in [1.82, 2.24) is 0 Å². The van der Waals surface area contributed by atoms with Crippen LogP contribution in [0.3, 0.4) is 0 Å². The van der Waals surface area contributed by atoms with E-state index < -0.39 is 5.97 Å². The second kappa shape index (κ2) is 6.75. The van der Waals surface area contributed by atoms with Crippen LogP contribution >= 0.6 is 0 Å². The van der Waals surface area contributed by atoms with E-state index in [1.54, 1.807) is 54.6 Å². The third-order valence-corrected chi connectivity index (χ3v) is 3.26. The van der Waals surface area contributed by atoms with Gasteiger partial charge in [0.15, 0.2) is 0 Å². The van der Waals surface area contributed by atoms with Gasteiger partial charge in [-0.15, -0.1) is 0 Å². The predicted octanol–water partition coefficient (Wildman–Crippen LogP) is 3.99. The number of rotatable bonds is 4. The van der Waals surface area contributed by atoms with Gasteiger partial charge in [0.05, 0.1) is 0 Å². The molecule has 120 valence electrons. The highest BCUT2D eigenvalue weighted by Crippen LogP contribution is 2.28. The summed E-state index contributed by atoms with van der Waals surface area (Å²) in [5.41, 5.74) is 6.30. The van der Waals surface area contributed by atoms with Gasteiger partial charge in [-0.3, -0.25) is 0 Å². The topological polar surface area (TPSA) is 81.8 Å². The lowest BCUT2D eigenvalue weighted by molar-refractivity contribution is 0.0731. The second-order valence-electron chi connectivity index (χ2n) is 5.05. The maximum Gasteiger partial charge on any atom is 0.347 e. The molecule has 0 saturated heterocycles. The molecular formula is C19H15NO4. The molecule has 0 unspecified atom stereocenters. The number of carbonyl (C=O) groups excluding carboxylic acids is 1. The van der Waals surface area contributed by atoms with Crippen LogP contribution in [0.5, 0.6) is 23.0 Å².